The third kappa shape index (κ3) is 2.59. The fraction of sp³-hybridized carbons (Fsp3) is 0.600. The van der Waals surface area contributed by atoms with Gasteiger partial charge in [-0.3, -0.25) is 0 Å². The third-order valence-corrected chi connectivity index (χ3v) is 4.02. The summed E-state index contributed by atoms with van der Waals surface area (Å²) in [7, 11) is 2.94. The van der Waals surface area contributed by atoms with Crippen LogP contribution in [0.2, 0.25) is 0 Å². The van der Waals surface area contributed by atoms with Crippen LogP contribution in [0.3, 0.4) is 0 Å². The summed E-state index contributed by atoms with van der Waals surface area (Å²) >= 11 is 0. The first-order valence-corrected chi connectivity index (χ1v) is 6.75. The Labute approximate surface area is 118 Å². The lowest BCUT2D eigenvalue weighted by Crippen LogP contribution is -2.34. The Bertz CT molecular complexity index is 491. The maximum absolute atomic E-state index is 13.7. The van der Waals surface area contributed by atoms with Gasteiger partial charge in [-0.25, -0.2) is 8.78 Å². The highest BCUT2D eigenvalue weighted by atomic mass is 19.3. The van der Waals surface area contributed by atoms with Gasteiger partial charge in [0.1, 0.15) is 0 Å². The van der Waals surface area contributed by atoms with Crippen molar-refractivity contribution >= 4 is 0 Å². The average Bonchev–Trinajstić information content (AvgIpc) is 2.84. The van der Waals surface area contributed by atoms with E-state index >= 15 is 0 Å². The summed E-state index contributed by atoms with van der Waals surface area (Å²) in [5, 5.41) is 0. The Kier molecular flexibility index (Phi) is 3.91. The smallest absolute Gasteiger partial charge is 0.270 e. The Morgan fingerprint density at radius 1 is 1.15 bits per heavy atom. The van der Waals surface area contributed by atoms with Gasteiger partial charge in [-0.15, -0.1) is 0 Å². The lowest BCUT2D eigenvalue weighted by molar-refractivity contribution is 0.0170. The molecular weight excluding hydrogens is 264 g/mol. The van der Waals surface area contributed by atoms with Crippen molar-refractivity contribution < 1.29 is 18.3 Å². The molecule has 0 saturated heterocycles. The van der Waals surface area contributed by atoms with E-state index in [0.717, 1.165) is 32.6 Å². The number of alkyl halides is 2. The number of nitrogens with two attached hydrogens (primary N) is 1. The molecule has 1 aromatic carbocycles. The van der Waals surface area contributed by atoms with Crippen molar-refractivity contribution in [1.29, 1.82) is 0 Å². The van der Waals surface area contributed by atoms with Crippen LogP contribution in [-0.4, -0.2) is 14.2 Å². The van der Waals surface area contributed by atoms with E-state index in [-0.39, 0.29) is 5.56 Å². The first-order valence-electron chi connectivity index (χ1n) is 6.75. The number of halogens is 2. The van der Waals surface area contributed by atoms with Gasteiger partial charge in [-0.05, 0) is 25.0 Å². The van der Waals surface area contributed by atoms with Crippen LogP contribution in [0.25, 0.3) is 0 Å². The fourth-order valence-corrected chi connectivity index (χ4v) is 2.86. The topological polar surface area (TPSA) is 44.5 Å². The van der Waals surface area contributed by atoms with E-state index in [1.54, 1.807) is 0 Å². The van der Waals surface area contributed by atoms with Crippen LogP contribution in [0, 0.1) is 0 Å². The predicted octanol–water partition coefficient (Wildman–Crippen LogP) is 3.54. The summed E-state index contributed by atoms with van der Waals surface area (Å²) in [6.45, 7) is 0.871. The molecule has 0 heterocycles. The summed E-state index contributed by atoms with van der Waals surface area (Å²) in [6, 6.07) is 2.79. The Morgan fingerprint density at radius 2 is 1.75 bits per heavy atom. The number of hydrogen-bond acceptors (Lipinski definition) is 3. The van der Waals surface area contributed by atoms with Gasteiger partial charge in [0.15, 0.2) is 11.5 Å². The highest BCUT2D eigenvalue weighted by molar-refractivity contribution is 5.53. The van der Waals surface area contributed by atoms with E-state index in [0.29, 0.717) is 17.1 Å². The minimum absolute atomic E-state index is 0.0955. The monoisotopic (exact) mass is 285 g/mol. The minimum Gasteiger partial charge on any atom is -0.493 e. The molecule has 1 aliphatic carbocycles. The molecule has 0 bridgehead atoms. The van der Waals surface area contributed by atoms with Gasteiger partial charge in [-0.1, -0.05) is 12.8 Å². The summed E-state index contributed by atoms with van der Waals surface area (Å²) < 4.78 is 37.9. The van der Waals surface area contributed by atoms with E-state index in [2.05, 4.69) is 0 Å². The highest BCUT2D eigenvalue weighted by Gasteiger charge is 2.37. The van der Waals surface area contributed by atoms with Crippen molar-refractivity contribution in [2.75, 3.05) is 14.2 Å². The van der Waals surface area contributed by atoms with E-state index in [1.165, 1.54) is 26.4 Å². The largest absolute Gasteiger partial charge is 0.493 e. The maximum Gasteiger partial charge on any atom is 0.270 e. The lowest BCUT2D eigenvalue weighted by atomic mass is 9.86. The highest BCUT2D eigenvalue weighted by Crippen LogP contribution is 2.46. The molecule has 2 N–H and O–H groups in total. The maximum atomic E-state index is 13.7. The van der Waals surface area contributed by atoms with Gasteiger partial charge in [0, 0.05) is 23.6 Å². The Balaban J connectivity index is 2.63. The van der Waals surface area contributed by atoms with Crippen molar-refractivity contribution in [2.24, 2.45) is 5.73 Å². The Morgan fingerprint density at radius 3 is 2.20 bits per heavy atom. The van der Waals surface area contributed by atoms with E-state index in [9.17, 15) is 8.78 Å². The molecule has 112 valence electrons. The zero-order chi connectivity index (χ0) is 15.0. The lowest BCUT2D eigenvalue weighted by Gasteiger charge is -2.28. The van der Waals surface area contributed by atoms with E-state index in [1.807, 2.05) is 0 Å². The van der Waals surface area contributed by atoms with Crippen LogP contribution in [-0.2, 0) is 11.5 Å². The van der Waals surface area contributed by atoms with Gasteiger partial charge in [0.2, 0.25) is 0 Å². The number of ether oxygens (including phenoxy) is 2. The first-order chi connectivity index (χ1) is 9.31. The quantitative estimate of drug-likeness (QED) is 0.920. The first kappa shape index (κ1) is 15.0. The van der Waals surface area contributed by atoms with Gasteiger partial charge in [0.25, 0.3) is 5.92 Å². The molecule has 0 spiro atoms. The van der Waals surface area contributed by atoms with Crippen molar-refractivity contribution in [3.8, 4) is 11.5 Å². The van der Waals surface area contributed by atoms with Crippen molar-refractivity contribution in [1.82, 2.24) is 0 Å². The van der Waals surface area contributed by atoms with Crippen molar-refractivity contribution in [3.63, 3.8) is 0 Å². The molecule has 0 aliphatic heterocycles. The van der Waals surface area contributed by atoms with Gasteiger partial charge >= 0.3 is 0 Å². The summed E-state index contributed by atoms with van der Waals surface area (Å²) in [5.74, 6) is -2.17. The molecule has 0 aromatic heterocycles. The van der Waals surface area contributed by atoms with Gasteiger partial charge in [0.05, 0.1) is 14.2 Å². The second-order valence-corrected chi connectivity index (χ2v) is 5.51. The minimum atomic E-state index is -2.94. The number of hydrogen-bond donors (Lipinski definition) is 1. The van der Waals surface area contributed by atoms with Crippen LogP contribution in [0.5, 0.6) is 11.5 Å². The third-order valence-electron chi connectivity index (χ3n) is 4.02. The number of benzene rings is 1. The summed E-state index contributed by atoms with van der Waals surface area (Å²) in [5.41, 5.74) is 6.32. The molecule has 2 rings (SSSR count). The second kappa shape index (κ2) is 5.20. The SMILES string of the molecule is COc1cc(C(C)(F)F)cc(C2(N)CCCC2)c1OC. The molecule has 0 amide bonds. The summed E-state index contributed by atoms with van der Waals surface area (Å²) in [6.07, 6.45) is 3.53. The van der Waals surface area contributed by atoms with Crippen LogP contribution >= 0.6 is 0 Å². The molecule has 1 aromatic rings. The molecule has 5 heteroatoms. The average molecular weight is 285 g/mol. The molecule has 1 aliphatic rings. The van der Waals surface area contributed by atoms with Crippen LogP contribution in [0.1, 0.15) is 43.7 Å². The van der Waals surface area contributed by atoms with Gasteiger partial charge < -0.3 is 15.2 Å². The normalized spacial score (nSPS) is 18.1. The molecule has 20 heavy (non-hydrogen) atoms. The Hall–Kier alpha value is -1.36. The number of rotatable bonds is 4. The summed E-state index contributed by atoms with van der Waals surface area (Å²) in [4.78, 5) is 0. The van der Waals surface area contributed by atoms with Crippen LogP contribution in [0.15, 0.2) is 12.1 Å². The molecule has 0 unspecified atom stereocenters. The molecular formula is C15H21F2NO2. The molecule has 1 saturated carbocycles. The fourth-order valence-electron chi connectivity index (χ4n) is 2.86. The molecule has 0 radical (unpaired) electrons. The van der Waals surface area contributed by atoms with Crippen LogP contribution < -0.4 is 15.2 Å². The predicted molar refractivity (Wildman–Crippen MR) is 73.4 cm³/mol. The molecule has 1 fully saturated rings. The van der Waals surface area contributed by atoms with Crippen LogP contribution in [0.4, 0.5) is 8.78 Å². The van der Waals surface area contributed by atoms with E-state index in [4.69, 9.17) is 15.2 Å². The van der Waals surface area contributed by atoms with Crippen molar-refractivity contribution in [3.05, 3.63) is 23.3 Å². The number of methoxy groups -OCH3 is 2. The molecule has 0 atom stereocenters. The molecule has 3 nitrogen and oxygen atoms in total. The van der Waals surface area contributed by atoms with E-state index < -0.39 is 11.5 Å². The van der Waals surface area contributed by atoms with Gasteiger partial charge in [-0.2, -0.15) is 0 Å². The zero-order valence-corrected chi connectivity index (χ0v) is 12.1. The standard InChI is InChI=1S/C15H21F2NO2/c1-14(16,17)10-8-11(15(18)6-4-5-7-15)13(20-3)12(9-10)19-2/h8-9H,4-7,18H2,1-3H3. The zero-order valence-electron chi connectivity index (χ0n) is 12.1. The van der Waals surface area contributed by atoms with Crippen molar-refractivity contribution in [2.45, 2.75) is 44.1 Å². The second-order valence-electron chi connectivity index (χ2n) is 5.51.